The molecular weight excluding hydrogens is 254 g/mol. The summed E-state index contributed by atoms with van der Waals surface area (Å²) < 4.78 is 5.19. The van der Waals surface area contributed by atoms with Gasteiger partial charge in [0.05, 0.1) is 12.1 Å². The number of carbonyl (C=O) groups is 1. The summed E-state index contributed by atoms with van der Waals surface area (Å²) in [6.45, 7) is 0.450. The highest BCUT2D eigenvalue weighted by Crippen LogP contribution is 2.19. The number of anilines is 1. The van der Waals surface area contributed by atoms with Crippen molar-refractivity contribution in [1.82, 2.24) is 0 Å². The zero-order chi connectivity index (χ0) is 13.9. The molecule has 3 aromatic rings. The summed E-state index contributed by atoms with van der Waals surface area (Å²) in [7, 11) is 0. The summed E-state index contributed by atoms with van der Waals surface area (Å²) >= 11 is 0. The van der Waals surface area contributed by atoms with Crippen LogP contribution in [0.15, 0.2) is 59.2 Å². The lowest BCUT2D eigenvalue weighted by Crippen LogP contribution is -1.98. The molecule has 0 saturated carbocycles. The van der Waals surface area contributed by atoms with E-state index < -0.39 is 5.97 Å². The van der Waals surface area contributed by atoms with Crippen LogP contribution in [0.4, 0.5) is 5.69 Å². The number of rotatable bonds is 4. The van der Waals surface area contributed by atoms with E-state index in [1.54, 1.807) is 0 Å². The van der Waals surface area contributed by atoms with Crippen molar-refractivity contribution in [3.63, 3.8) is 0 Å². The normalized spacial score (nSPS) is 10.6. The minimum Gasteiger partial charge on any atom is -0.478 e. The first-order chi connectivity index (χ1) is 9.72. The zero-order valence-electron chi connectivity index (χ0n) is 10.7. The first kappa shape index (κ1) is 12.3. The molecule has 0 spiro atoms. The number of fused-ring (bicyclic) bond motifs is 1. The molecule has 2 N–H and O–H groups in total. The lowest BCUT2D eigenvalue weighted by Gasteiger charge is -2.05. The van der Waals surface area contributed by atoms with Gasteiger partial charge in [0.2, 0.25) is 0 Å². The molecule has 0 aliphatic heterocycles. The Morgan fingerprint density at radius 2 is 1.90 bits per heavy atom. The maximum atomic E-state index is 10.8. The molecule has 0 saturated heterocycles. The average Bonchev–Trinajstić information content (AvgIpc) is 2.94. The average molecular weight is 267 g/mol. The quantitative estimate of drug-likeness (QED) is 0.755. The molecule has 0 unspecified atom stereocenters. The summed E-state index contributed by atoms with van der Waals surface area (Å²) in [4.78, 5) is 10.8. The summed E-state index contributed by atoms with van der Waals surface area (Å²) in [5.74, 6) is -0.388. The topological polar surface area (TPSA) is 62.5 Å². The van der Waals surface area contributed by atoms with Crippen LogP contribution in [0.1, 0.15) is 16.1 Å². The van der Waals surface area contributed by atoms with Gasteiger partial charge in [-0.15, -0.1) is 0 Å². The molecule has 0 aliphatic carbocycles. The van der Waals surface area contributed by atoms with Crippen molar-refractivity contribution in [3.05, 3.63) is 66.1 Å². The molecule has 0 radical (unpaired) electrons. The highest BCUT2D eigenvalue weighted by molar-refractivity contribution is 5.87. The predicted molar refractivity (Wildman–Crippen MR) is 76.9 cm³/mol. The lowest BCUT2D eigenvalue weighted by atomic mass is 10.1. The number of carboxylic acids is 1. The van der Waals surface area contributed by atoms with Gasteiger partial charge in [-0.25, -0.2) is 4.79 Å². The Labute approximate surface area is 115 Å². The van der Waals surface area contributed by atoms with Gasteiger partial charge >= 0.3 is 5.97 Å². The Kier molecular flexibility index (Phi) is 3.13. The van der Waals surface area contributed by atoms with E-state index in [1.165, 1.54) is 17.7 Å². The summed E-state index contributed by atoms with van der Waals surface area (Å²) in [6, 6.07) is 15.7. The summed E-state index contributed by atoms with van der Waals surface area (Å²) in [5, 5.41) is 14.4. The standard InChI is InChI=1S/C16H13NO3/c18-16(19)13-8-15(20-10-13)9-17-14-6-5-11-3-1-2-4-12(11)7-14/h1-8,10,17H,9H2,(H,18,19). The molecule has 1 aromatic heterocycles. The molecule has 1 heterocycles. The molecule has 2 aromatic carbocycles. The van der Waals surface area contributed by atoms with Gasteiger partial charge in [0.15, 0.2) is 0 Å². The van der Waals surface area contributed by atoms with Gasteiger partial charge in [-0.05, 0) is 29.0 Å². The number of hydrogen-bond donors (Lipinski definition) is 2. The number of carboxylic acid groups (broad SMARTS) is 1. The van der Waals surface area contributed by atoms with Crippen LogP contribution in [-0.4, -0.2) is 11.1 Å². The SMILES string of the molecule is O=C(O)c1coc(CNc2ccc3ccccc3c2)c1. The summed E-state index contributed by atoms with van der Waals surface area (Å²) in [5.41, 5.74) is 1.14. The van der Waals surface area contributed by atoms with Crippen molar-refractivity contribution in [2.24, 2.45) is 0 Å². The van der Waals surface area contributed by atoms with Crippen LogP contribution in [0.3, 0.4) is 0 Å². The Hall–Kier alpha value is -2.75. The predicted octanol–water partition coefficient (Wildman–Crippen LogP) is 3.74. The second-order valence-corrected chi connectivity index (χ2v) is 4.52. The fraction of sp³-hybridized carbons (Fsp3) is 0.0625. The molecule has 4 heteroatoms. The number of furan rings is 1. The second-order valence-electron chi connectivity index (χ2n) is 4.52. The van der Waals surface area contributed by atoms with Crippen LogP contribution < -0.4 is 5.32 Å². The molecule has 0 aliphatic rings. The van der Waals surface area contributed by atoms with E-state index in [1.807, 2.05) is 24.3 Å². The largest absolute Gasteiger partial charge is 0.478 e. The van der Waals surface area contributed by atoms with Gasteiger partial charge in [-0.2, -0.15) is 0 Å². The van der Waals surface area contributed by atoms with Crippen LogP contribution in [0.25, 0.3) is 10.8 Å². The van der Waals surface area contributed by atoms with E-state index in [4.69, 9.17) is 9.52 Å². The van der Waals surface area contributed by atoms with Gasteiger partial charge in [-0.3, -0.25) is 0 Å². The molecule has 4 nitrogen and oxygen atoms in total. The van der Waals surface area contributed by atoms with E-state index in [-0.39, 0.29) is 5.56 Å². The van der Waals surface area contributed by atoms with Crippen LogP contribution in [0.2, 0.25) is 0 Å². The van der Waals surface area contributed by atoms with Gasteiger partial charge in [-0.1, -0.05) is 30.3 Å². The molecule has 0 fully saturated rings. The van der Waals surface area contributed by atoms with Crippen LogP contribution in [-0.2, 0) is 6.54 Å². The molecule has 0 bridgehead atoms. The Morgan fingerprint density at radius 3 is 2.65 bits per heavy atom. The van der Waals surface area contributed by atoms with E-state index in [0.29, 0.717) is 12.3 Å². The van der Waals surface area contributed by atoms with Gasteiger partial charge in [0.25, 0.3) is 0 Å². The van der Waals surface area contributed by atoms with Crippen molar-refractivity contribution in [2.45, 2.75) is 6.54 Å². The van der Waals surface area contributed by atoms with Crippen molar-refractivity contribution in [2.75, 3.05) is 5.32 Å². The highest BCUT2D eigenvalue weighted by atomic mass is 16.4. The van der Waals surface area contributed by atoms with Crippen molar-refractivity contribution in [1.29, 1.82) is 0 Å². The van der Waals surface area contributed by atoms with Crippen LogP contribution >= 0.6 is 0 Å². The van der Waals surface area contributed by atoms with Gasteiger partial charge in [0.1, 0.15) is 12.0 Å². The maximum Gasteiger partial charge on any atom is 0.338 e. The first-order valence-electron chi connectivity index (χ1n) is 6.26. The second kappa shape index (κ2) is 5.09. The Morgan fingerprint density at radius 1 is 1.10 bits per heavy atom. The number of hydrogen-bond acceptors (Lipinski definition) is 3. The van der Waals surface area contributed by atoms with E-state index in [9.17, 15) is 4.79 Å². The van der Waals surface area contributed by atoms with Crippen molar-refractivity contribution < 1.29 is 14.3 Å². The van der Waals surface area contributed by atoms with Crippen LogP contribution in [0, 0.1) is 0 Å². The first-order valence-corrected chi connectivity index (χ1v) is 6.26. The molecule has 0 atom stereocenters. The lowest BCUT2D eigenvalue weighted by molar-refractivity contribution is 0.0696. The van der Waals surface area contributed by atoms with E-state index in [0.717, 1.165) is 11.1 Å². The highest BCUT2D eigenvalue weighted by Gasteiger charge is 2.07. The zero-order valence-corrected chi connectivity index (χ0v) is 10.7. The minimum absolute atomic E-state index is 0.167. The molecular formula is C16H13NO3. The minimum atomic E-state index is -0.981. The third-order valence-corrected chi connectivity index (χ3v) is 3.12. The van der Waals surface area contributed by atoms with Gasteiger partial charge in [0, 0.05) is 5.69 Å². The monoisotopic (exact) mass is 267 g/mol. The Balaban J connectivity index is 1.74. The third kappa shape index (κ3) is 2.49. The van der Waals surface area contributed by atoms with Crippen molar-refractivity contribution >= 4 is 22.4 Å². The maximum absolute atomic E-state index is 10.8. The summed E-state index contributed by atoms with van der Waals surface area (Å²) in [6.07, 6.45) is 1.25. The number of aromatic carboxylic acids is 1. The molecule has 100 valence electrons. The van der Waals surface area contributed by atoms with E-state index >= 15 is 0 Å². The molecule has 20 heavy (non-hydrogen) atoms. The number of nitrogens with one attached hydrogen (secondary N) is 1. The fourth-order valence-electron chi connectivity index (χ4n) is 2.07. The molecule has 0 amide bonds. The Bertz CT molecular complexity index is 761. The smallest absolute Gasteiger partial charge is 0.338 e. The van der Waals surface area contributed by atoms with Crippen molar-refractivity contribution in [3.8, 4) is 0 Å². The third-order valence-electron chi connectivity index (χ3n) is 3.12. The van der Waals surface area contributed by atoms with E-state index in [2.05, 4.69) is 23.5 Å². The molecule has 3 rings (SSSR count). The fourth-order valence-corrected chi connectivity index (χ4v) is 2.07. The number of benzene rings is 2. The van der Waals surface area contributed by atoms with Crippen LogP contribution in [0.5, 0.6) is 0 Å². The van der Waals surface area contributed by atoms with Gasteiger partial charge < -0.3 is 14.8 Å².